The number of carbonyl (C=O) groups excluding carboxylic acids is 2. The summed E-state index contributed by atoms with van der Waals surface area (Å²) >= 11 is 1.30. The van der Waals surface area contributed by atoms with Crippen LogP contribution in [0.4, 0.5) is 0 Å². The zero-order valence-corrected chi connectivity index (χ0v) is 19.3. The van der Waals surface area contributed by atoms with E-state index in [0.717, 1.165) is 16.7 Å². The highest BCUT2D eigenvalue weighted by molar-refractivity contribution is 7.13. The molecule has 0 aliphatic heterocycles. The van der Waals surface area contributed by atoms with Crippen molar-refractivity contribution in [1.82, 2.24) is 15.8 Å². The number of rotatable bonds is 7. The average Bonchev–Trinajstić information content (AvgIpc) is 3.30. The Balaban J connectivity index is 1.60. The van der Waals surface area contributed by atoms with Crippen molar-refractivity contribution in [3.8, 4) is 27.8 Å². The van der Waals surface area contributed by atoms with E-state index in [-0.39, 0.29) is 5.69 Å². The third-order valence-corrected chi connectivity index (χ3v) is 5.79. The number of hydrogen-bond acceptors (Lipinski definition) is 7. The second kappa shape index (κ2) is 10.1. The topological polar surface area (TPSA) is 98.8 Å². The summed E-state index contributed by atoms with van der Waals surface area (Å²) in [6.45, 7) is 5.51. The van der Waals surface area contributed by atoms with Gasteiger partial charge >= 0.3 is 0 Å². The summed E-state index contributed by atoms with van der Waals surface area (Å²) in [4.78, 5) is 29.1. The molecule has 0 bridgehead atoms. The summed E-state index contributed by atoms with van der Waals surface area (Å²) in [5.41, 5.74) is 7.75. The van der Waals surface area contributed by atoms with Crippen molar-refractivity contribution >= 4 is 23.2 Å². The van der Waals surface area contributed by atoms with Crippen LogP contribution in [0.15, 0.2) is 41.8 Å². The third kappa shape index (κ3) is 5.17. The summed E-state index contributed by atoms with van der Waals surface area (Å²) in [5, 5.41) is 2.25. The van der Waals surface area contributed by atoms with Crippen molar-refractivity contribution in [3.63, 3.8) is 0 Å². The average molecular weight is 456 g/mol. The number of aryl methyl sites for hydroxylation is 1. The molecule has 168 valence electrons. The van der Waals surface area contributed by atoms with E-state index in [9.17, 15) is 9.59 Å². The molecule has 8 nitrogen and oxygen atoms in total. The van der Waals surface area contributed by atoms with Crippen LogP contribution in [0.3, 0.4) is 0 Å². The number of benzene rings is 2. The molecule has 0 aliphatic carbocycles. The van der Waals surface area contributed by atoms with Crippen molar-refractivity contribution < 1.29 is 23.8 Å². The molecule has 1 aromatic heterocycles. The Morgan fingerprint density at radius 2 is 1.75 bits per heavy atom. The van der Waals surface area contributed by atoms with Gasteiger partial charge in [0.2, 0.25) is 0 Å². The summed E-state index contributed by atoms with van der Waals surface area (Å²) in [6, 6.07) is 11.0. The predicted molar refractivity (Wildman–Crippen MR) is 122 cm³/mol. The van der Waals surface area contributed by atoms with Crippen molar-refractivity contribution in [3.05, 3.63) is 58.6 Å². The number of aromatic nitrogens is 1. The highest BCUT2D eigenvalue weighted by atomic mass is 32.1. The zero-order chi connectivity index (χ0) is 23.3. The Morgan fingerprint density at radius 1 is 1.00 bits per heavy atom. The Bertz CT molecular complexity index is 1130. The second-order valence-electron chi connectivity index (χ2n) is 7.01. The molecule has 1 unspecified atom stereocenters. The molecule has 9 heteroatoms. The third-order valence-electron chi connectivity index (χ3n) is 4.89. The van der Waals surface area contributed by atoms with Crippen molar-refractivity contribution in [2.75, 3.05) is 14.2 Å². The first-order chi connectivity index (χ1) is 15.3. The van der Waals surface area contributed by atoms with Crippen molar-refractivity contribution in [1.29, 1.82) is 0 Å². The Hall–Kier alpha value is -3.59. The molecule has 0 fully saturated rings. The highest BCUT2D eigenvalue weighted by Gasteiger charge is 2.19. The van der Waals surface area contributed by atoms with Crippen LogP contribution in [0.1, 0.15) is 28.5 Å². The molecule has 0 saturated carbocycles. The number of nitrogens with zero attached hydrogens (tertiary/aromatic N) is 1. The number of hydrazine groups is 1. The standard InChI is InChI=1S/C23H25N3O5S/c1-13-7-6-8-18(14(13)2)31-15(3)21(27)25-26-22(28)17-12-32-23(24-17)16-9-10-19(29-4)20(11-16)30-5/h6-12,15H,1-5H3,(H,25,27)(H,26,28). The molecule has 2 aromatic carbocycles. The van der Waals surface area contributed by atoms with Gasteiger partial charge < -0.3 is 14.2 Å². The van der Waals surface area contributed by atoms with Gasteiger partial charge in [0, 0.05) is 10.9 Å². The Kier molecular flexibility index (Phi) is 7.32. The maximum absolute atomic E-state index is 12.4. The van der Waals surface area contributed by atoms with Crippen LogP contribution in [-0.4, -0.2) is 37.1 Å². The highest BCUT2D eigenvalue weighted by Crippen LogP contribution is 2.33. The predicted octanol–water partition coefficient (Wildman–Crippen LogP) is 3.67. The fraction of sp³-hybridized carbons (Fsp3) is 0.261. The van der Waals surface area contributed by atoms with Gasteiger partial charge in [0.1, 0.15) is 16.5 Å². The minimum absolute atomic E-state index is 0.184. The van der Waals surface area contributed by atoms with Crippen molar-refractivity contribution in [2.45, 2.75) is 26.9 Å². The zero-order valence-electron chi connectivity index (χ0n) is 18.5. The molecule has 1 heterocycles. The van der Waals surface area contributed by atoms with Crippen LogP contribution in [0.25, 0.3) is 10.6 Å². The quantitative estimate of drug-likeness (QED) is 0.528. The van der Waals surface area contributed by atoms with Gasteiger partial charge in [0.15, 0.2) is 17.6 Å². The van der Waals surface area contributed by atoms with E-state index < -0.39 is 17.9 Å². The normalized spacial score (nSPS) is 11.4. The minimum Gasteiger partial charge on any atom is -0.493 e. The molecule has 0 saturated heterocycles. The molecule has 2 amide bonds. The van der Waals surface area contributed by atoms with Gasteiger partial charge in [-0.1, -0.05) is 12.1 Å². The number of amides is 2. The van der Waals surface area contributed by atoms with E-state index in [4.69, 9.17) is 14.2 Å². The Morgan fingerprint density at radius 3 is 2.47 bits per heavy atom. The lowest BCUT2D eigenvalue weighted by atomic mass is 10.1. The number of ether oxygens (including phenoxy) is 3. The first-order valence-corrected chi connectivity index (χ1v) is 10.7. The van der Waals surface area contributed by atoms with E-state index >= 15 is 0 Å². The lowest BCUT2D eigenvalue weighted by Gasteiger charge is -2.17. The number of thiazole rings is 1. The van der Waals surface area contributed by atoms with E-state index in [1.807, 2.05) is 32.0 Å². The van der Waals surface area contributed by atoms with Crippen LogP contribution in [0.5, 0.6) is 17.2 Å². The second-order valence-corrected chi connectivity index (χ2v) is 7.87. The van der Waals surface area contributed by atoms with E-state index in [2.05, 4.69) is 15.8 Å². The van der Waals surface area contributed by atoms with Crippen LogP contribution < -0.4 is 25.1 Å². The molecular formula is C23H25N3O5S. The van der Waals surface area contributed by atoms with E-state index in [1.165, 1.54) is 11.3 Å². The van der Waals surface area contributed by atoms with Gasteiger partial charge in [-0.25, -0.2) is 4.98 Å². The summed E-state index contributed by atoms with van der Waals surface area (Å²) in [7, 11) is 3.11. The number of carbonyl (C=O) groups is 2. The van der Waals surface area contributed by atoms with Crippen LogP contribution in [0.2, 0.25) is 0 Å². The van der Waals surface area contributed by atoms with Crippen LogP contribution in [-0.2, 0) is 4.79 Å². The summed E-state index contributed by atoms with van der Waals surface area (Å²) in [6.07, 6.45) is -0.798. The van der Waals surface area contributed by atoms with Gasteiger partial charge in [0.25, 0.3) is 11.8 Å². The van der Waals surface area contributed by atoms with Gasteiger partial charge in [-0.2, -0.15) is 0 Å². The molecule has 3 aromatic rings. The molecule has 2 N–H and O–H groups in total. The maximum atomic E-state index is 12.4. The van der Waals surface area contributed by atoms with Gasteiger partial charge in [-0.3, -0.25) is 20.4 Å². The lowest BCUT2D eigenvalue weighted by Crippen LogP contribution is -2.47. The fourth-order valence-electron chi connectivity index (χ4n) is 2.86. The molecule has 0 aliphatic rings. The van der Waals surface area contributed by atoms with E-state index in [1.54, 1.807) is 44.7 Å². The SMILES string of the molecule is COc1ccc(-c2nc(C(=O)NNC(=O)C(C)Oc3cccc(C)c3C)cs2)cc1OC. The lowest BCUT2D eigenvalue weighted by molar-refractivity contribution is -0.128. The van der Waals surface area contributed by atoms with Gasteiger partial charge in [-0.05, 0) is 56.2 Å². The van der Waals surface area contributed by atoms with Gasteiger partial charge in [0.05, 0.1) is 14.2 Å². The molecule has 0 spiro atoms. The summed E-state index contributed by atoms with van der Waals surface area (Å²) < 4.78 is 16.3. The number of hydrogen-bond donors (Lipinski definition) is 2. The monoisotopic (exact) mass is 455 g/mol. The summed E-state index contributed by atoms with van der Waals surface area (Å²) in [5.74, 6) is 0.787. The van der Waals surface area contributed by atoms with Crippen LogP contribution >= 0.6 is 11.3 Å². The Labute approximate surface area is 190 Å². The molecule has 32 heavy (non-hydrogen) atoms. The number of nitrogens with one attached hydrogen (secondary N) is 2. The minimum atomic E-state index is -0.798. The largest absolute Gasteiger partial charge is 0.493 e. The molecule has 1 atom stereocenters. The molecular weight excluding hydrogens is 430 g/mol. The van der Waals surface area contributed by atoms with Crippen molar-refractivity contribution in [2.24, 2.45) is 0 Å². The number of methoxy groups -OCH3 is 2. The van der Waals surface area contributed by atoms with E-state index in [0.29, 0.717) is 22.3 Å². The van der Waals surface area contributed by atoms with Gasteiger partial charge in [-0.15, -0.1) is 11.3 Å². The first kappa shape index (κ1) is 23.1. The molecule has 3 rings (SSSR count). The maximum Gasteiger partial charge on any atom is 0.289 e. The fourth-order valence-corrected chi connectivity index (χ4v) is 3.66. The molecule has 0 radical (unpaired) electrons. The smallest absolute Gasteiger partial charge is 0.289 e. The van der Waals surface area contributed by atoms with Crippen LogP contribution in [0, 0.1) is 13.8 Å². The first-order valence-electron chi connectivity index (χ1n) is 9.85.